The zero-order chi connectivity index (χ0) is 13.3. The van der Waals surface area contributed by atoms with Gasteiger partial charge in [0.25, 0.3) is 0 Å². The SMILES string of the molecule is Cc1cc(C(CN)N2C[C@@H](C)O[C@@H](C)C2)c(C)s1. The molecule has 1 fully saturated rings. The predicted octanol–water partition coefficient (Wildman–Crippen LogP) is 2.47. The number of rotatable bonds is 3. The van der Waals surface area contributed by atoms with Gasteiger partial charge in [-0.15, -0.1) is 11.3 Å². The van der Waals surface area contributed by atoms with E-state index in [0.717, 1.165) is 13.1 Å². The Balaban J connectivity index is 2.20. The van der Waals surface area contributed by atoms with E-state index in [-0.39, 0.29) is 0 Å². The van der Waals surface area contributed by atoms with Crippen molar-refractivity contribution in [3.05, 3.63) is 21.4 Å². The molecule has 0 amide bonds. The van der Waals surface area contributed by atoms with Crippen LogP contribution in [0.3, 0.4) is 0 Å². The molecular formula is C14H24N2OS. The van der Waals surface area contributed by atoms with Crippen molar-refractivity contribution in [2.45, 2.75) is 45.9 Å². The maximum absolute atomic E-state index is 6.03. The number of nitrogens with two attached hydrogens (primary N) is 1. The van der Waals surface area contributed by atoms with Crippen molar-refractivity contribution in [3.8, 4) is 0 Å². The molecule has 2 heterocycles. The summed E-state index contributed by atoms with van der Waals surface area (Å²) in [6, 6.07) is 2.63. The third-order valence-corrected chi connectivity index (χ3v) is 4.53. The average Bonchev–Trinajstić information content (AvgIpc) is 2.58. The van der Waals surface area contributed by atoms with Crippen molar-refractivity contribution >= 4 is 11.3 Å². The lowest BCUT2D eigenvalue weighted by Crippen LogP contribution is -2.48. The van der Waals surface area contributed by atoms with E-state index < -0.39 is 0 Å². The molecule has 3 nitrogen and oxygen atoms in total. The second kappa shape index (κ2) is 5.70. The van der Waals surface area contributed by atoms with Crippen LogP contribution in [0.4, 0.5) is 0 Å². The summed E-state index contributed by atoms with van der Waals surface area (Å²) in [5.41, 5.74) is 7.43. The lowest BCUT2D eigenvalue weighted by atomic mass is 10.0. The van der Waals surface area contributed by atoms with Gasteiger partial charge in [0.05, 0.1) is 12.2 Å². The summed E-state index contributed by atoms with van der Waals surface area (Å²) in [5, 5.41) is 0. The summed E-state index contributed by atoms with van der Waals surface area (Å²) in [7, 11) is 0. The van der Waals surface area contributed by atoms with Crippen LogP contribution in [-0.4, -0.2) is 36.7 Å². The molecule has 0 spiro atoms. The summed E-state index contributed by atoms with van der Waals surface area (Å²) in [6.45, 7) is 11.3. The van der Waals surface area contributed by atoms with Gasteiger partial charge < -0.3 is 10.5 Å². The summed E-state index contributed by atoms with van der Waals surface area (Å²) < 4.78 is 5.80. The quantitative estimate of drug-likeness (QED) is 0.915. The van der Waals surface area contributed by atoms with Crippen molar-refractivity contribution in [1.29, 1.82) is 0 Å². The minimum Gasteiger partial charge on any atom is -0.373 e. The Morgan fingerprint density at radius 2 is 2.00 bits per heavy atom. The second-order valence-electron chi connectivity index (χ2n) is 5.33. The Morgan fingerprint density at radius 1 is 1.39 bits per heavy atom. The number of thiophene rings is 1. The number of hydrogen-bond donors (Lipinski definition) is 1. The fraction of sp³-hybridized carbons (Fsp3) is 0.714. The number of nitrogens with zero attached hydrogens (tertiary/aromatic N) is 1. The Morgan fingerprint density at radius 3 is 2.44 bits per heavy atom. The molecule has 18 heavy (non-hydrogen) atoms. The van der Waals surface area contributed by atoms with E-state index >= 15 is 0 Å². The van der Waals surface area contributed by atoms with Crippen LogP contribution in [0.2, 0.25) is 0 Å². The van der Waals surface area contributed by atoms with E-state index in [1.165, 1.54) is 15.3 Å². The molecule has 1 aliphatic rings. The monoisotopic (exact) mass is 268 g/mol. The van der Waals surface area contributed by atoms with Crippen molar-refractivity contribution in [2.75, 3.05) is 19.6 Å². The fourth-order valence-electron chi connectivity index (χ4n) is 2.93. The van der Waals surface area contributed by atoms with Gasteiger partial charge in [0.1, 0.15) is 0 Å². The van der Waals surface area contributed by atoms with Crippen molar-refractivity contribution in [1.82, 2.24) is 4.90 Å². The molecule has 102 valence electrons. The van der Waals surface area contributed by atoms with Crippen LogP contribution in [0.15, 0.2) is 6.07 Å². The first-order valence-corrected chi connectivity index (χ1v) is 7.49. The van der Waals surface area contributed by atoms with Crippen LogP contribution in [0.5, 0.6) is 0 Å². The van der Waals surface area contributed by atoms with Crippen LogP contribution in [0.1, 0.15) is 35.2 Å². The molecule has 2 N–H and O–H groups in total. The number of morpholine rings is 1. The number of ether oxygens (including phenoxy) is 1. The molecule has 4 heteroatoms. The Hall–Kier alpha value is -0.420. The van der Waals surface area contributed by atoms with E-state index in [2.05, 4.69) is 38.7 Å². The lowest BCUT2D eigenvalue weighted by Gasteiger charge is -2.40. The maximum Gasteiger partial charge on any atom is 0.0678 e. The van der Waals surface area contributed by atoms with E-state index in [0.29, 0.717) is 24.8 Å². The molecule has 2 rings (SSSR count). The van der Waals surface area contributed by atoms with Gasteiger partial charge in [0.2, 0.25) is 0 Å². The number of aryl methyl sites for hydroxylation is 2. The van der Waals surface area contributed by atoms with Gasteiger partial charge in [-0.05, 0) is 39.3 Å². The van der Waals surface area contributed by atoms with Crippen LogP contribution >= 0.6 is 11.3 Å². The van der Waals surface area contributed by atoms with E-state index in [1.54, 1.807) is 0 Å². The summed E-state index contributed by atoms with van der Waals surface area (Å²) in [4.78, 5) is 5.25. The van der Waals surface area contributed by atoms with Crippen LogP contribution in [0.25, 0.3) is 0 Å². The summed E-state index contributed by atoms with van der Waals surface area (Å²) in [5.74, 6) is 0. The van der Waals surface area contributed by atoms with Crippen molar-refractivity contribution in [2.24, 2.45) is 5.73 Å². The molecule has 1 aliphatic heterocycles. The lowest BCUT2D eigenvalue weighted by molar-refractivity contribution is -0.0799. The smallest absolute Gasteiger partial charge is 0.0678 e. The average molecular weight is 268 g/mol. The topological polar surface area (TPSA) is 38.5 Å². The van der Waals surface area contributed by atoms with Gasteiger partial charge in [-0.2, -0.15) is 0 Å². The zero-order valence-corrected chi connectivity index (χ0v) is 12.6. The second-order valence-corrected chi connectivity index (χ2v) is 6.79. The van der Waals surface area contributed by atoms with Crippen molar-refractivity contribution < 1.29 is 4.74 Å². The molecule has 3 atom stereocenters. The van der Waals surface area contributed by atoms with Crippen LogP contribution < -0.4 is 5.73 Å². The molecular weight excluding hydrogens is 244 g/mol. The molecule has 1 aromatic rings. The van der Waals surface area contributed by atoms with Gasteiger partial charge in [-0.25, -0.2) is 0 Å². The first-order chi connectivity index (χ1) is 8.51. The highest BCUT2D eigenvalue weighted by atomic mass is 32.1. The van der Waals surface area contributed by atoms with Gasteiger partial charge in [-0.3, -0.25) is 4.90 Å². The van der Waals surface area contributed by atoms with E-state index in [9.17, 15) is 0 Å². The molecule has 1 unspecified atom stereocenters. The fourth-order valence-corrected chi connectivity index (χ4v) is 3.91. The Labute approximate surface area is 114 Å². The number of hydrogen-bond acceptors (Lipinski definition) is 4. The Kier molecular flexibility index (Phi) is 4.43. The third kappa shape index (κ3) is 2.94. The highest BCUT2D eigenvalue weighted by Gasteiger charge is 2.29. The minimum atomic E-state index is 0.294. The minimum absolute atomic E-state index is 0.294. The first kappa shape index (κ1) is 14.0. The first-order valence-electron chi connectivity index (χ1n) is 6.67. The standard InChI is InChI=1S/C14H24N2OS/c1-9-7-16(8-10(2)17-9)14(6-15)13-5-11(3)18-12(13)4/h5,9-10,14H,6-8,15H2,1-4H3/t9-,10+,14?. The van der Waals surface area contributed by atoms with Gasteiger partial charge in [0.15, 0.2) is 0 Å². The highest BCUT2D eigenvalue weighted by molar-refractivity contribution is 7.12. The zero-order valence-electron chi connectivity index (χ0n) is 11.8. The predicted molar refractivity (Wildman–Crippen MR) is 77.2 cm³/mol. The summed E-state index contributed by atoms with van der Waals surface area (Å²) >= 11 is 1.87. The molecule has 1 aromatic heterocycles. The molecule has 0 aromatic carbocycles. The Bertz CT molecular complexity index is 394. The molecule has 0 saturated carbocycles. The van der Waals surface area contributed by atoms with Crippen LogP contribution in [0, 0.1) is 13.8 Å². The molecule has 0 bridgehead atoms. The molecule has 1 saturated heterocycles. The van der Waals surface area contributed by atoms with E-state index in [4.69, 9.17) is 10.5 Å². The summed E-state index contributed by atoms with van der Waals surface area (Å²) in [6.07, 6.45) is 0.589. The maximum atomic E-state index is 6.03. The van der Waals surface area contributed by atoms with E-state index in [1.807, 2.05) is 11.3 Å². The normalized spacial score (nSPS) is 27.4. The van der Waals surface area contributed by atoms with Crippen LogP contribution in [-0.2, 0) is 4.74 Å². The van der Waals surface area contributed by atoms with Gasteiger partial charge in [-0.1, -0.05) is 0 Å². The largest absolute Gasteiger partial charge is 0.373 e. The van der Waals surface area contributed by atoms with Crippen molar-refractivity contribution in [3.63, 3.8) is 0 Å². The molecule has 0 radical (unpaired) electrons. The highest BCUT2D eigenvalue weighted by Crippen LogP contribution is 2.31. The third-order valence-electron chi connectivity index (χ3n) is 3.55. The van der Waals surface area contributed by atoms with Gasteiger partial charge >= 0.3 is 0 Å². The van der Waals surface area contributed by atoms with Gasteiger partial charge in [0, 0.05) is 35.4 Å². The molecule has 0 aliphatic carbocycles.